The molecule has 0 spiro atoms. The molecule has 0 saturated carbocycles. The third-order valence-corrected chi connectivity index (χ3v) is 5.56. The molecule has 5 heteroatoms. The van der Waals surface area contributed by atoms with Gasteiger partial charge in [0.1, 0.15) is 5.75 Å². The summed E-state index contributed by atoms with van der Waals surface area (Å²) in [6.07, 6.45) is 1.78. The standard InChI is InChI=1S/C22H26N2O2.ClH/c1-2-16-7-9-17(10-8-16)20-15-23-12-13-24(20)22(25)19-11-14-26-21-6-4-3-5-18(19)21;/h3-10,19-20,23H,2,11-15H2,1H3;1H. The SMILES string of the molecule is CCc1ccc(C2CNCCN2C(=O)C2CCOc3ccccc32)cc1.Cl. The Kier molecular flexibility index (Phi) is 6.40. The molecule has 0 aromatic heterocycles. The largest absolute Gasteiger partial charge is 0.493 e. The highest BCUT2D eigenvalue weighted by Crippen LogP contribution is 2.36. The fraction of sp³-hybridized carbons (Fsp3) is 0.409. The van der Waals surface area contributed by atoms with Crippen molar-refractivity contribution in [1.82, 2.24) is 10.2 Å². The van der Waals surface area contributed by atoms with E-state index >= 15 is 0 Å². The summed E-state index contributed by atoms with van der Waals surface area (Å²) in [4.78, 5) is 15.5. The number of benzene rings is 2. The molecule has 2 aliphatic rings. The van der Waals surface area contributed by atoms with Crippen LogP contribution >= 0.6 is 12.4 Å². The molecule has 4 nitrogen and oxygen atoms in total. The fourth-order valence-electron chi connectivity index (χ4n) is 4.04. The highest BCUT2D eigenvalue weighted by atomic mass is 35.5. The van der Waals surface area contributed by atoms with Gasteiger partial charge in [-0.1, -0.05) is 49.4 Å². The van der Waals surface area contributed by atoms with Crippen LogP contribution in [-0.2, 0) is 11.2 Å². The number of carbonyl (C=O) groups excluding carboxylic acids is 1. The average molecular weight is 387 g/mol. The van der Waals surface area contributed by atoms with Crippen molar-refractivity contribution < 1.29 is 9.53 Å². The summed E-state index contributed by atoms with van der Waals surface area (Å²) in [6.45, 7) is 5.17. The number of nitrogens with one attached hydrogen (secondary N) is 1. The number of fused-ring (bicyclic) bond motifs is 1. The molecule has 2 unspecified atom stereocenters. The van der Waals surface area contributed by atoms with Gasteiger partial charge >= 0.3 is 0 Å². The molecule has 2 atom stereocenters. The number of amides is 1. The molecule has 4 rings (SSSR count). The van der Waals surface area contributed by atoms with Crippen LogP contribution in [0, 0.1) is 0 Å². The van der Waals surface area contributed by atoms with E-state index in [1.807, 2.05) is 24.3 Å². The molecule has 27 heavy (non-hydrogen) atoms. The van der Waals surface area contributed by atoms with Crippen molar-refractivity contribution in [1.29, 1.82) is 0 Å². The Balaban J connectivity index is 0.00000210. The lowest BCUT2D eigenvalue weighted by atomic mass is 9.90. The van der Waals surface area contributed by atoms with Crippen molar-refractivity contribution in [2.45, 2.75) is 31.7 Å². The maximum atomic E-state index is 13.5. The highest BCUT2D eigenvalue weighted by Gasteiger charge is 2.35. The van der Waals surface area contributed by atoms with E-state index in [1.54, 1.807) is 0 Å². The minimum atomic E-state index is -0.101. The number of para-hydroxylation sites is 1. The molecule has 2 aliphatic heterocycles. The van der Waals surface area contributed by atoms with Crippen LogP contribution in [0.4, 0.5) is 0 Å². The Bertz CT molecular complexity index is 778. The van der Waals surface area contributed by atoms with Gasteiger partial charge in [-0.25, -0.2) is 0 Å². The Morgan fingerprint density at radius 1 is 1.19 bits per heavy atom. The molecule has 2 aromatic rings. The Morgan fingerprint density at radius 2 is 1.96 bits per heavy atom. The second kappa shape index (κ2) is 8.77. The quantitative estimate of drug-likeness (QED) is 0.874. The van der Waals surface area contributed by atoms with E-state index in [0.717, 1.165) is 43.8 Å². The molecule has 0 radical (unpaired) electrons. The summed E-state index contributed by atoms with van der Waals surface area (Å²) in [7, 11) is 0. The maximum absolute atomic E-state index is 13.5. The molecule has 1 saturated heterocycles. The predicted molar refractivity (Wildman–Crippen MR) is 110 cm³/mol. The predicted octanol–water partition coefficient (Wildman–Crippen LogP) is 3.71. The lowest BCUT2D eigenvalue weighted by molar-refractivity contribution is -0.137. The monoisotopic (exact) mass is 386 g/mol. The number of hydrogen-bond donors (Lipinski definition) is 1. The molecule has 1 N–H and O–H groups in total. The zero-order chi connectivity index (χ0) is 17.9. The maximum Gasteiger partial charge on any atom is 0.230 e. The number of rotatable bonds is 3. The van der Waals surface area contributed by atoms with Crippen molar-refractivity contribution in [2.75, 3.05) is 26.2 Å². The van der Waals surface area contributed by atoms with Crippen LogP contribution in [-0.4, -0.2) is 37.0 Å². The van der Waals surface area contributed by atoms with Gasteiger partial charge in [0.15, 0.2) is 0 Å². The van der Waals surface area contributed by atoms with Crippen molar-refractivity contribution in [3.8, 4) is 5.75 Å². The summed E-state index contributed by atoms with van der Waals surface area (Å²) in [6, 6.07) is 16.8. The van der Waals surface area contributed by atoms with Crippen LogP contribution in [0.15, 0.2) is 48.5 Å². The first-order valence-electron chi connectivity index (χ1n) is 9.59. The van der Waals surface area contributed by atoms with Gasteiger partial charge in [0.05, 0.1) is 18.6 Å². The molecular formula is C22H27ClN2O2. The Hall–Kier alpha value is -2.04. The number of carbonyl (C=O) groups is 1. The molecule has 144 valence electrons. The topological polar surface area (TPSA) is 41.6 Å². The smallest absolute Gasteiger partial charge is 0.230 e. The highest BCUT2D eigenvalue weighted by molar-refractivity contribution is 5.85. The molecule has 0 bridgehead atoms. The lowest BCUT2D eigenvalue weighted by Gasteiger charge is -2.39. The summed E-state index contributed by atoms with van der Waals surface area (Å²) < 4.78 is 5.75. The van der Waals surface area contributed by atoms with Crippen LogP contribution in [0.2, 0.25) is 0 Å². The van der Waals surface area contributed by atoms with Crippen LogP contribution in [0.1, 0.15) is 42.0 Å². The zero-order valence-electron chi connectivity index (χ0n) is 15.7. The molecule has 1 amide bonds. The first-order valence-corrected chi connectivity index (χ1v) is 9.59. The van der Waals surface area contributed by atoms with E-state index in [4.69, 9.17) is 4.74 Å². The Labute approximate surface area is 167 Å². The van der Waals surface area contributed by atoms with Gasteiger partial charge in [0.25, 0.3) is 0 Å². The molecule has 0 aliphatic carbocycles. The van der Waals surface area contributed by atoms with E-state index in [1.165, 1.54) is 11.1 Å². The number of hydrogen-bond acceptors (Lipinski definition) is 3. The third kappa shape index (κ3) is 3.97. The lowest BCUT2D eigenvalue weighted by Crippen LogP contribution is -2.50. The Morgan fingerprint density at radius 3 is 2.74 bits per heavy atom. The van der Waals surface area contributed by atoms with Crippen molar-refractivity contribution in [3.63, 3.8) is 0 Å². The van der Waals surface area contributed by atoms with E-state index in [0.29, 0.717) is 6.61 Å². The fourth-order valence-corrected chi connectivity index (χ4v) is 4.04. The molecular weight excluding hydrogens is 360 g/mol. The summed E-state index contributed by atoms with van der Waals surface area (Å²) >= 11 is 0. The number of halogens is 1. The molecule has 2 aromatic carbocycles. The van der Waals surface area contributed by atoms with E-state index in [2.05, 4.69) is 41.4 Å². The summed E-state index contributed by atoms with van der Waals surface area (Å²) in [5, 5.41) is 3.45. The minimum Gasteiger partial charge on any atom is -0.493 e. The normalized spacial score (nSPS) is 21.6. The van der Waals surface area contributed by atoms with Crippen LogP contribution in [0.25, 0.3) is 0 Å². The van der Waals surface area contributed by atoms with E-state index in [-0.39, 0.29) is 30.3 Å². The number of nitrogens with zero attached hydrogens (tertiary/aromatic N) is 1. The minimum absolute atomic E-state index is 0. The van der Waals surface area contributed by atoms with Crippen LogP contribution < -0.4 is 10.1 Å². The van der Waals surface area contributed by atoms with Gasteiger partial charge in [-0.15, -0.1) is 12.4 Å². The van der Waals surface area contributed by atoms with Gasteiger partial charge in [-0.05, 0) is 30.0 Å². The summed E-state index contributed by atoms with van der Waals surface area (Å²) in [5.41, 5.74) is 3.57. The third-order valence-electron chi connectivity index (χ3n) is 5.56. The van der Waals surface area contributed by atoms with Gasteiger partial charge in [-0.3, -0.25) is 4.79 Å². The number of ether oxygens (including phenoxy) is 1. The second-order valence-electron chi connectivity index (χ2n) is 7.07. The second-order valence-corrected chi connectivity index (χ2v) is 7.07. The molecule has 1 fully saturated rings. The van der Waals surface area contributed by atoms with Crippen molar-refractivity contribution in [3.05, 3.63) is 65.2 Å². The zero-order valence-corrected chi connectivity index (χ0v) is 16.5. The van der Waals surface area contributed by atoms with Crippen LogP contribution in [0.3, 0.4) is 0 Å². The van der Waals surface area contributed by atoms with Gasteiger partial charge in [-0.2, -0.15) is 0 Å². The average Bonchev–Trinajstić information content (AvgIpc) is 2.73. The van der Waals surface area contributed by atoms with Gasteiger partial charge < -0.3 is 15.0 Å². The first kappa shape index (κ1) is 19.7. The number of aryl methyl sites for hydroxylation is 1. The van der Waals surface area contributed by atoms with Gasteiger partial charge in [0.2, 0.25) is 5.91 Å². The molecule has 2 heterocycles. The van der Waals surface area contributed by atoms with E-state index in [9.17, 15) is 4.79 Å². The number of piperazine rings is 1. The van der Waals surface area contributed by atoms with Crippen molar-refractivity contribution in [2.24, 2.45) is 0 Å². The summed E-state index contributed by atoms with van der Waals surface area (Å²) in [5.74, 6) is 0.985. The van der Waals surface area contributed by atoms with E-state index < -0.39 is 0 Å². The van der Waals surface area contributed by atoms with Gasteiger partial charge in [0, 0.05) is 25.2 Å². The van der Waals surface area contributed by atoms with Crippen LogP contribution in [0.5, 0.6) is 5.75 Å². The first-order chi connectivity index (χ1) is 12.8. The van der Waals surface area contributed by atoms with Crippen molar-refractivity contribution >= 4 is 18.3 Å².